The fourth-order valence-electron chi connectivity index (χ4n) is 1.04. The fourth-order valence-corrected chi connectivity index (χ4v) is 1.31. The van der Waals surface area contributed by atoms with Gasteiger partial charge in [-0.25, -0.2) is 8.93 Å². The summed E-state index contributed by atoms with van der Waals surface area (Å²) >= 11 is -1.89. The van der Waals surface area contributed by atoms with Gasteiger partial charge >= 0.3 is 0 Å². The maximum atomic E-state index is 10.2. The number of hydrogen-bond acceptors (Lipinski definition) is 1. The zero-order chi connectivity index (χ0) is 9.68. The second kappa shape index (κ2) is 5.11. The number of nitrogens with one attached hydrogen (secondary N) is 1. The van der Waals surface area contributed by atoms with E-state index in [1.54, 1.807) is 0 Å². The zero-order valence-corrected chi connectivity index (χ0v) is 8.30. The van der Waals surface area contributed by atoms with E-state index < -0.39 is 11.3 Å². The Balaban J connectivity index is 2.37. The molecule has 0 aliphatic heterocycles. The van der Waals surface area contributed by atoms with Crippen molar-refractivity contribution in [3.63, 3.8) is 0 Å². The molecule has 72 valence electrons. The van der Waals surface area contributed by atoms with Crippen molar-refractivity contribution in [2.75, 3.05) is 6.54 Å². The van der Waals surface area contributed by atoms with Gasteiger partial charge in [0.05, 0.1) is 0 Å². The van der Waals surface area contributed by atoms with Crippen molar-refractivity contribution in [3.8, 4) is 0 Å². The van der Waals surface area contributed by atoms with Crippen LogP contribution < -0.4 is 4.72 Å². The average molecular weight is 199 g/mol. The van der Waals surface area contributed by atoms with Crippen molar-refractivity contribution >= 4 is 11.3 Å². The predicted molar refractivity (Wildman–Crippen MR) is 53.7 cm³/mol. The number of hydrogen-bond donors (Lipinski definition) is 2. The van der Waals surface area contributed by atoms with E-state index in [2.05, 4.69) is 4.72 Å². The smallest absolute Gasteiger partial charge is 0.231 e. The number of benzene rings is 1. The molecular weight excluding hydrogens is 186 g/mol. The molecule has 1 unspecified atom stereocenters. The highest BCUT2D eigenvalue weighted by Crippen LogP contribution is 2.02. The van der Waals surface area contributed by atoms with E-state index >= 15 is 0 Å². The molecule has 2 N–H and O–H groups in total. The van der Waals surface area contributed by atoms with E-state index in [0.717, 1.165) is 6.42 Å². The summed E-state index contributed by atoms with van der Waals surface area (Å²) in [5.41, 5.74) is 2.39. The maximum Gasteiger partial charge on any atom is 0.231 e. The van der Waals surface area contributed by atoms with Gasteiger partial charge in [-0.15, -0.1) is 0 Å². The Morgan fingerprint density at radius 2 is 2.00 bits per heavy atom. The minimum atomic E-state index is -1.89. The minimum Gasteiger partial charge on any atom is -0.294 e. The molecule has 0 amide bonds. The van der Waals surface area contributed by atoms with Gasteiger partial charge in [0, 0.05) is 6.54 Å². The average Bonchev–Trinajstić information content (AvgIpc) is 2.08. The Labute approximate surface area is 80.6 Å². The number of aryl methyl sites for hydroxylation is 1. The normalized spacial score (nSPS) is 12.8. The van der Waals surface area contributed by atoms with Gasteiger partial charge in [-0.2, -0.15) is 0 Å². The molecule has 0 bridgehead atoms. The third kappa shape index (κ3) is 4.17. The fraction of sp³-hybridized carbons (Fsp3) is 0.333. The molecule has 3 nitrogen and oxygen atoms in total. The lowest BCUT2D eigenvalue weighted by molar-refractivity contribution is 0.549. The summed E-state index contributed by atoms with van der Waals surface area (Å²) in [6.07, 6.45) is 0.770. The van der Waals surface area contributed by atoms with Gasteiger partial charge in [0.15, 0.2) is 0 Å². The second-order valence-corrected chi connectivity index (χ2v) is 3.67. The summed E-state index contributed by atoms with van der Waals surface area (Å²) in [4.78, 5) is 0. The van der Waals surface area contributed by atoms with Gasteiger partial charge in [-0.1, -0.05) is 29.8 Å². The Morgan fingerprint density at radius 3 is 2.54 bits per heavy atom. The van der Waals surface area contributed by atoms with Crippen molar-refractivity contribution in [2.24, 2.45) is 0 Å². The van der Waals surface area contributed by atoms with Crippen molar-refractivity contribution < 1.29 is 8.76 Å². The van der Waals surface area contributed by atoms with Gasteiger partial charge in [0.1, 0.15) is 0 Å². The molecule has 0 fully saturated rings. The summed E-state index contributed by atoms with van der Waals surface area (Å²) in [5.74, 6) is 0. The summed E-state index contributed by atoms with van der Waals surface area (Å²) in [7, 11) is 0. The molecule has 0 radical (unpaired) electrons. The highest BCUT2D eigenvalue weighted by Gasteiger charge is 1.94. The molecule has 0 aliphatic carbocycles. The highest BCUT2D eigenvalue weighted by molar-refractivity contribution is 7.77. The molecule has 0 saturated heterocycles. The first-order valence-corrected chi connectivity index (χ1v) is 5.19. The van der Waals surface area contributed by atoms with Crippen molar-refractivity contribution in [1.29, 1.82) is 0 Å². The van der Waals surface area contributed by atoms with Crippen LogP contribution in [-0.2, 0) is 17.7 Å². The van der Waals surface area contributed by atoms with Crippen LogP contribution in [0.3, 0.4) is 0 Å². The lowest BCUT2D eigenvalue weighted by Gasteiger charge is -2.01. The third-order valence-corrected chi connectivity index (χ3v) is 2.21. The Kier molecular flexibility index (Phi) is 4.08. The molecule has 1 aromatic rings. The van der Waals surface area contributed by atoms with Crippen LogP contribution in [0, 0.1) is 6.92 Å². The molecule has 0 aromatic heterocycles. The summed E-state index contributed by atoms with van der Waals surface area (Å²) in [5, 5.41) is 0. The lowest BCUT2D eigenvalue weighted by Crippen LogP contribution is -2.18. The monoisotopic (exact) mass is 199 g/mol. The van der Waals surface area contributed by atoms with Crippen LogP contribution in [0.2, 0.25) is 0 Å². The first-order valence-electron chi connectivity index (χ1n) is 4.08. The Morgan fingerprint density at radius 1 is 1.38 bits per heavy atom. The minimum absolute atomic E-state index is 0.520. The van der Waals surface area contributed by atoms with E-state index in [1.165, 1.54) is 11.1 Å². The Bertz CT molecular complexity index is 284. The van der Waals surface area contributed by atoms with E-state index in [4.69, 9.17) is 4.55 Å². The van der Waals surface area contributed by atoms with Crippen LogP contribution in [0.15, 0.2) is 24.3 Å². The van der Waals surface area contributed by atoms with Crippen LogP contribution in [-0.4, -0.2) is 15.3 Å². The zero-order valence-electron chi connectivity index (χ0n) is 7.49. The first kappa shape index (κ1) is 10.4. The standard InChI is InChI=1S/C9H13NO2S/c1-8-2-4-9(5-3-8)6-7-10-13(11)12/h2-5,10H,6-7H2,1H3,(H,11,12). The van der Waals surface area contributed by atoms with Gasteiger partial charge in [0.2, 0.25) is 11.3 Å². The third-order valence-electron chi connectivity index (χ3n) is 1.76. The lowest BCUT2D eigenvalue weighted by atomic mass is 10.1. The summed E-state index contributed by atoms with van der Waals surface area (Å²) < 4.78 is 21.1. The van der Waals surface area contributed by atoms with Crippen molar-refractivity contribution in [3.05, 3.63) is 35.4 Å². The molecule has 1 rings (SSSR count). The van der Waals surface area contributed by atoms with Crippen molar-refractivity contribution in [1.82, 2.24) is 4.72 Å². The van der Waals surface area contributed by atoms with Gasteiger partial charge in [-0.3, -0.25) is 4.55 Å². The molecule has 0 saturated carbocycles. The van der Waals surface area contributed by atoms with Crippen molar-refractivity contribution in [2.45, 2.75) is 13.3 Å². The van der Waals surface area contributed by atoms with Crippen LogP contribution >= 0.6 is 0 Å². The first-order chi connectivity index (χ1) is 6.18. The number of rotatable bonds is 4. The van der Waals surface area contributed by atoms with Crippen LogP contribution in [0.5, 0.6) is 0 Å². The highest BCUT2D eigenvalue weighted by atomic mass is 32.2. The van der Waals surface area contributed by atoms with Gasteiger partial charge in [-0.05, 0) is 18.9 Å². The molecule has 1 atom stereocenters. The van der Waals surface area contributed by atoms with E-state index in [0.29, 0.717) is 6.54 Å². The second-order valence-electron chi connectivity index (χ2n) is 2.88. The van der Waals surface area contributed by atoms with Gasteiger partial charge < -0.3 is 0 Å². The van der Waals surface area contributed by atoms with E-state index in [-0.39, 0.29) is 0 Å². The van der Waals surface area contributed by atoms with Gasteiger partial charge in [0.25, 0.3) is 0 Å². The molecule has 0 aliphatic rings. The maximum absolute atomic E-state index is 10.2. The predicted octanol–water partition coefficient (Wildman–Crippen LogP) is 1.26. The van der Waals surface area contributed by atoms with Crippen LogP contribution in [0.4, 0.5) is 0 Å². The Hall–Kier alpha value is -0.710. The van der Waals surface area contributed by atoms with E-state index in [9.17, 15) is 4.21 Å². The summed E-state index contributed by atoms with van der Waals surface area (Å²) in [6.45, 7) is 2.55. The van der Waals surface area contributed by atoms with Crippen LogP contribution in [0.1, 0.15) is 11.1 Å². The molecule has 4 heteroatoms. The van der Waals surface area contributed by atoms with Crippen LogP contribution in [0.25, 0.3) is 0 Å². The summed E-state index contributed by atoms with van der Waals surface area (Å²) in [6, 6.07) is 8.12. The molecule has 0 heterocycles. The SMILES string of the molecule is Cc1ccc(CCNS(=O)O)cc1. The topological polar surface area (TPSA) is 49.3 Å². The molecule has 1 aromatic carbocycles. The molecular formula is C9H13NO2S. The van der Waals surface area contributed by atoms with E-state index in [1.807, 2.05) is 31.2 Å². The largest absolute Gasteiger partial charge is 0.294 e. The molecule has 13 heavy (non-hydrogen) atoms. The quantitative estimate of drug-likeness (QED) is 0.717. The molecule has 0 spiro atoms.